The van der Waals surface area contributed by atoms with Crippen LogP contribution in [0.1, 0.15) is 35.1 Å². The number of nitrogens with zero attached hydrogens (tertiary/aromatic N) is 1. The van der Waals surface area contributed by atoms with E-state index in [0.717, 1.165) is 47.2 Å². The van der Waals surface area contributed by atoms with Gasteiger partial charge >= 0.3 is 0 Å². The van der Waals surface area contributed by atoms with E-state index in [-0.39, 0.29) is 11.7 Å². The lowest BCUT2D eigenvalue weighted by molar-refractivity contribution is 0.0904. The van der Waals surface area contributed by atoms with Crippen LogP contribution >= 0.6 is 12.2 Å². The molecular formula is C25H29N3O2S. The first-order chi connectivity index (χ1) is 14.9. The number of anilines is 1. The van der Waals surface area contributed by atoms with Gasteiger partial charge in [-0.25, -0.2) is 0 Å². The van der Waals surface area contributed by atoms with Crippen LogP contribution in [0.4, 0.5) is 5.69 Å². The van der Waals surface area contributed by atoms with Crippen LogP contribution in [0.2, 0.25) is 0 Å². The van der Waals surface area contributed by atoms with E-state index in [1.165, 1.54) is 5.56 Å². The molecule has 0 spiro atoms. The Balaban J connectivity index is 1.62. The molecule has 31 heavy (non-hydrogen) atoms. The summed E-state index contributed by atoms with van der Waals surface area (Å²) in [5.74, 6) is 0. The van der Waals surface area contributed by atoms with Crippen molar-refractivity contribution in [3.8, 4) is 0 Å². The molecule has 1 atom stereocenters. The Labute approximate surface area is 188 Å². The normalized spacial score (nSPS) is 15.9. The molecule has 3 aromatic rings. The van der Waals surface area contributed by atoms with Crippen molar-refractivity contribution in [1.29, 1.82) is 0 Å². The number of aromatic nitrogens is 1. The number of pyridine rings is 1. The highest BCUT2D eigenvalue weighted by Gasteiger charge is 2.22. The molecule has 2 N–H and O–H groups in total. The van der Waals surface area contributed by atoms with Gasteiger partial charge in [0.05, 0.1) is 18.2 Å². The van der Waals surface area contributed by atoms with Crippen LogP contribution < -0.4 is 10.9 Å². The molecule has 1 saturated heterocycles. The van der Waals surface area contributed by atoms with E-state index in [4.69, 9.17) is 17.0 Å². The third-order valence-corrected chi connectivity index (χ3v) is 6.10. The molecule has 1 aliphatic heterocycles. The molecule has 0 radical (unpaired) electrons. The second-order valence-electron chi connectivity index (χ2n) is 8.48. The lowest BCUT2D eigenvalue weighted by Gasteiger charge is -2.28. The van der Waals surface area contributed by atoms with Crippen molar-refractivity contribution < 1.29 is 4.74 Å². The van der Waals surface area contributed by atoms with Gasteiger partial charge in [0.25, 0.3) is 5.56 Å². The minimum Gasteiger partial charge on any atom is -0.376 e. The van der Waals surface area contributed by atoms with Crippen molar-refractivity contribution in [2.75, 3.05) is 18.5 Å². The third-order valence-electron chi connectivity index (χ3n) is 5.74. The zero-order valence-corrected chi connectivity index (χ0v) is 19.1. The van der Waals surface area contributed by atoms with E-state index < -0.39 is 0 Å². The quantitative estimate of drug-likeness (QED) is 0.562. The predicted octanol–water partition coefficient (Wildman–Crippen LogP) is 4.83. The summed E-state index contributed by atoms with van der Waals surface area (Å²) >= 11 is 5.76. The fourth-order valence-corrected chi connectivity index (χ4v) is 4.49. The number of H-pyrrole nitrogens is 1. The molecule has 0 aliphatic carbocycles. The molecular weight excluding hydrogens is 406 g/mol. The van der Waals surface area contributed by atoms with Crippen molar-refractivity contribution in [3.63, 3.8) is 0 Å². The summed E-state index contributed by atoms with van der Waals surface area (Å²) in [6.45, 7) is 8.01. The number of ether oxygens (including phenoxy) is 1. The molecule has 5 nitrogen and oxygen atoms in total. The lowest BCUT2D eigenvalue weighted by atomic mass is 10.1. The van der Waals surface area contributed by atoms with Crippen molar-refractivity contribution in [3.05, 3.63) is 75.1 Å². The molecule has 1 aromatic heterocycles. The summed E-state index contributed by atoms with van der Waals surface area (Å²) in [6.07, 6.45) is 2.20. The van der Waals surface area contributed by atoms with E-state index in [1.54, 1.807) is 0 Å². The van der Waals surface area contributed by atoms with Gasteiger partial charge in [-0.1, -0.05) is 23.8 Å². The Hall–Kier alpha value is -2.70. The van der Waals surface area contributed by atoms with E-state index in [1.807, 2.05) is 30.0 Å². The molecule has 0 saturated carbocycles. The number of nitrogens with one attached hydrogen (secondary N) is 2. The maximum absolute atomic E-state index is 12.9. The molecule has 4 rings (SSSR count). The topological polar surface area (TPSA) is 57.4 Å². The van der Waals surface area contributed by atoms with Gasteiger partial charge in [0, 0.05) is 24.4 Å². The summed E-state index contributed by atoms with van der Waals surface area (Å²) in [5, 5.41) is 4.98. The van der Waals surface area contributed by atoms with E-state index >= 15 is 0 Å². The van der Waals surface area contributed by atoms with E-state index in [2.05, 4.69) is 48.4 Å². The van der Waals surface area contributed by atoms with Gasteiger partial charge < -0.3 is 19.9 Å². The van der Waals surface area contributed by atoms with Crippen molar-refractivity contribution in [2.24, 2.45) is 0 Å². The first-order valence-corrected chi connectivity index (χ1v) is 11.2. The summed E-state index contributed by atoms with van der Waals surface area (Å²) in [4.78, 5) is 18.0. The number of aryl methyl sites for hydroxylation is 3. The fourth-order valence-electron chi connectivity index (χ4n) is 4.23. The highest BCUT2D eigenvalue weighted by Crippen LogP contribution is 2.20. The molecule has 162 valence electrons. The fraction of sp³-hybridized carbons (Fsp3) is 0.360. The van der Waals surface area contributed by atoms with Crippen molar-refractivity contribution >= 4 is 33.9 Å². The Bertz CT molecular complexity index is 1170. The molecule has 6 heteroatoms. The molecule has 1 unspecified atom stereocenters. The average Bonchev–Trinajstić information content (AvgIpc) is 3.22. The molecule has 2 heterocycles. The second kappa shape index (κ2) is 9.20. The molecule has 0 bridgehead atoms. The zero-order chi connectivity index (χ0) is 22.0. The summed E-state index contributed by atoms with van der Waals surface area (Å²) in [7, 11) is 0. The van der Waals surface area contributed by atoms with Gasteiger partial charge in [0.2, 0.25) is 0 Å². The maximum atomic E-state index is 12.9. The number of hydrogen-bond acceptors (Lipinski definition) is 3. The third kappa shape index (κ3) is 5.14. The summed E-state index contributed by atoms with van der Waals surface area (Å²) in [5.41, 5.74) is 5.88. The predicted molar refractivity (Wildman–Crippen MR) is 131 cm³/mol. The maximum Gasteiger partial charge on any atom is 0.253 e. The zero-order valence-electron chi connectivity index (χ0n) is 18.3. The Morgan fingerprint density at radius 1 is 1.19 bits per heavy atom. The minimum absolute atomic E-state index is 0.0739. The minimum atomic E-state index is -0.0739. The summed E-state index contributed by atoms with van der Waals surface area (Å²) in [6, 6.07) is 14.3. The van der Waals surface area contributed by atoms with Crippen LogP contribution in [-0.2, 0) is 11.3 Å². The summed E-state index contributed by atoms with van der Waals surface area (Å²) < 4.78 is 5.86. The Kier molecular flexibility index (Phi) is 6.39. The number of rotatable bonds is 5. The molecule has 1 aliphatic rings. The Morgan fingerprint density at radius 3 is 2.77 bits per heavy atom. The highest BCUT2D eigenvalue weighted by atomic mass is 32.1. The Morgan fingerprint density at radius 2 is 2.03 bits per heavy atom. The molecule has 2 aromatic carbocycles. The van der Waals surface area contributed by atoms with Gasteiger partial charge in [-0.3, -0.25) is 4.79 Å². The van der Waals surface area contributed by atoms with Gasteiger partial charge in [-0.15, -0.1) is 0 Å². The monoisotopic (exact) mass is 435 g/mol. The SMILES string of the molecule is Cc1cccc(NC(=S)N(Cc2cc3cc(C)cc(C)c3[nH]c2=O)CC2CCCO2)c1. The van der Waals surface area contributed by atoms with Gasteiger partial charge in [0.15, 0.2) is 5.11 Å². The van der Waals surface area contributed by atoms with Crippen LogP contribution in [-0.4, -0.2) is 34.3 Å². The van der Waals surface area contributed by atoms with Gasteiger partial charge in [-0.05, 0) is 86.6 Å². The largest absolute Gasteiger partial charge is 0.376 e. The van der Waals surface area contributed by atoms with E-state index in [0.29, 0.717) is 23.8 Å². The van der Waals surface area contributed by atoms with Gasteiger partial charge in [-0.2, -0.15) is 0 Å². The van der Waals surface area contributed by atoms with Crippen LogP contribution in [0.5, 0.6) is 0 Å². The van der Waals surface area contributed by atoms with Crippen LogP contribution in [0.15, 0.2) is 47.3 Å². The molecule has 1 fully saturated rings. The molecule has 0 amide bonds. The number of thiocarbonyl (C=S) groups is 1. The van der Waals surface area contributed by atoms with Crippen molar-refractivity contribution in [1.82, 2.24) is 9.88 Å². The lowest BCUT2D eigenvalue weighted by Crippen LogP contribution is -2.40. The van der Waals surface area contributed by atoms with Crippen LogP contribution in [0.3, 0.4) is 0 Å². The van der Waals surface area contributed by atoms with Crippen LogP contribution in [0, 0.1) is 20.8 Å². The number of aromatic amines is 1. The standard InChI is InChI=1S/C25H29N3O2S/c1-16-6-4-7-21(12-16)26-25(31)28(15-22-8-5-9-30-22)14-20-13-19-11-17(2)10-18(3)23(19)27-24(20)29/h4,6-7,10-13,22H,5,8-9,14-15H2,1-3H3,(H,26,31)(H,27,29). The van der Waals surface area contributed by atoms with Crippen molar-refractivity contribution in [2.45, 2.75) is 46.3 Å². The van der Waals surface area contributed by atoms with Crippen LogP contribution in [0.25, 0.3) is 10.9 Å². The number of hydrogen-bond donors (Lipinski definition) is 2. The average molecular weight is 436 g/mol. The second-order valence-corrected chi connectivity index (χ2v) is 8.87. The highest BCUT2D eigenvalue weighted by molar-refractivity contribution is 7.80. The van der Waals surface area contributed by atoms with Gasteiger partial charge in [0.1, 0.15) is 0 Å². The first kappa shape index (κ1) is 21.5. The first-order valence-electron chi connectivity index (χ1n) is 10.8. The van der Waals surface area contributed by atoms with E-state index in [9.17, 15) is 4.79 Å². The number of fused-ring (bicyclic) bond motifs is 1. The number of benzene rings is 2. The smallest absolute Gasteiger partial charge is 0.253 e.